The molecule has 1 heterocycles. The first-order chi connectivity index (χ1) is 12.9. The number of methoxy groups -OCH3 is 1. The van der Waals surface area contributed by atoms with E-state index in [9.17, 15) is 4.79 Å². The Kier molecular flexibility index (Phi) is 5.77. The summed E-state index contributed by atoms with van der Waals surface area (Å²) in [7, 11) is 5.75. The molecule has 1 aromatic heterocycles. The van der Waals surface area contributed by atoms with E-state index in [2.05, 4.69) is 40.1 Å². The summed E-state index contributed by atoms with van der Waals surface area (Å²) in [6.07, 6.45) is 0. The van der Waals surface area contributed by atoms with Crippen molar-refractivity contribution in [2.45, 2.75) is 13.8 Å². The molecular formula is C21H26N3O2S+. The van der Waals surface area contributed by atoms with E-state index in [4.69, 9.17) is 9.72 Å². The topological polar surface area (TPSA) is 46.9 Å². The van der Waals surface area contributed by atoms with Gasteiger partial charge in [0, 0.05) is 0 Å². The van der Waals surface area contributed by atoms with Gasteiger partial charge in [0.15, 0.2) is 5.13 Å². The van der Waals surface area contributed by atoms with E-state index in [0.717, 1.165) is 21.9 Å². The lowest BCUT2D eigenvalue weighted by atomic mass is 10.1. The third-order valence-corrected chi connectivity index (χ3v) is 5.69. The fourth-order valence-corrected chi connectivity index (χ4v) is 4.11. The van der Waals surface area contributed by atoms with Gasteiger partial charge in [-0.1, -0.05) is 29.5 Å². The molecule has 0 spiro atoms. The Morgan fingerprint density at radius 2 is 1.96 bits per heavy atom. The van der Waals surface area contributed by atoms with Crippen molar-refractivity contribution in [2.24, 2.45) is 0 Å². The molecule has 3 rings (SSSR count). The highest BCUT2D eigenvalue weighted by Gasteiger charge is 2.24. The molecule has 27 heavy (non-hydrogen) atoms. The molecule has 1 amide bonds. The summed E-state index contributed by atoms with van der Waals surface area (Å²) in [4.78, 5) is 21.2. The van der Waals surface area contributed by atoms with Crippen molar-refractivity contribution < 1.29 is 14.4 Å². The molecular weight excluding hydrogens is 358 g/mol. The number of benzene rings is 2. The van der Waals surface area contributed by atoms with Gasteiger partial charge in [-0.2, -0.15) is 0 Å². The van der Waals surface area contributed by atoms with E-state index in [1.807, 2.05) is 18.2 Å². The van der Waals surface area contributed by atoms with Gasteiger partial charge in [0.2, 0.25) is 0 Å². The van der Waals surface area contributed by atoms with Gasteiger partial charge in [-0.3, -0.25) is 9.69 Å². The van der Waals surface area contributed by atoms with E-state index in [0.29, 0.717) is 17.9 Å². The first-order valence-electron chi connectivity index (χ1n) is 9.02. The molecule has 6 heteroatoms. The minimum absolute atomic E-state index is 0.0814. The number of nitrogens with one attached hydrogen (secondary N) is 1. The Balaban J connectivity index is 2.06. The zero-order valence-electron chi connectivity index (χ0n) is 16.5. The van der Waals surface area contributed by atoms with Gasteiger partial charge in [0.25, 0.3) is 5.91 Å². The van der Waals surface area contributed by atoms with Crippen LogP contribution in [0.5, 0.6) is 5.75 Å². The van der Waals surface area contributed by atoms with Gasteiger partial charge in [-0.05, 0) is 43.2 Å². The van der Waals surface area contributed by atoms with Crippen LogP contribution in [0.15, 0.2) is 36.4 Å². The molecule has 0 saturated carbocycles. The normalized spacial score (nSPS) is 11.2. The number of para-hydroxylation sites is 1. The van der Waals surface area contributed by atoms with Crippen molar-refractivity contribution in [3.8, 4) is 5.75 Å². The molecule has 0 atom stereocenters. The maximum Gasteiger partial charge on any atom is 0.264 e. The van der Waals surface area contributed by atoms with Crippen LogP contribution in [0.1, 0.15) is 21.5 Å². The van der Waals surface area contributed by atoms with Gasteiger partial charge in [-0.15, -0.1) is 0 Å². The van der Waals surface area contributed by atoms with Gasteiger partial charge < -0.3 is 9.64 Å². The number of hydrogen-bond donors (Lipinski definition) is 1. The molecule has 0 unspecified atom stereocenters. The summed E-state index contributed by atoms with van der Waals surface area (Å²) in [5, 5.41) is 0.732. The van der Waals surface area contributed by atoms with E-state index in [1.54, 1.807) is 29.4 Å². The van der Waals surface area contributed by atoms with Crippen LogP contribution >= 0.6 is 11.3 Å². The lowest BCUT2D eigenvalue weighted by Gasteiger charge is -2.21. The summed E-state index contributed by atoms with van der Waals surface area (Å²) < 4.78 is 6.53. The molecule has 2 aromatic carbocycles. The van der Waals surface area contributed by atoms with Crippen LogP contribution in [0, 0.1) is 13.8 Å². The number of carbonyl (C=O) groups is 1. The second-order valence-corrected chi connectivity index (χ2v) is 8.02. The number of fused-ring (bicyclic) bond motifs is 1. The highest BCUT2D eigenvalue weighted by molar-refractivity contribution is 7.22. The highest BCUT2D eigenvalue weighted by atomic mass is 32.1. The number of nitrogens with zero attached hydrogens (tertiary/aromatic N) is 2. The van der Waals surface area contributed by atoms with Crippen LogP contribution in [0.4, 0.5) is 5.13 Å². The molecule has 0 fully saturated rings. The summed E-state index contributed by atoms with van der Waals surface area (Å²) in [5.74, 6) is 0.500. The molecule has 3 aromatic rings. The monoisotopic (exact) mass is 384 g/mol. The number of likely N-dealkylation sites (N-methyl/N-ethyl adjacent to an activating group) is 1. The summed E-state index contributed by atoms with van der Waals surface area (Å²) >= 11 is 1.57. The predicted octanol–water partition coefficient (Wildman–Crippen LogP) is 2.71. The van der Waals surface area contributed by atoms with Gasteiger partial charge in [-0.25, -0.2) is 4.98 Å². The number of hydrogen-bond acceptors (Lipinski definition) is 4. The van der Waals surface area contributed by atoms with Crippen molar-refractivity contribution in [3.05, 3.63) is 53.1 Å². The van der Waals surface area contributed by atoms with Crippen LogP contribution in [-0.2, 0) is 0 Å². The van der Waals surface area contributed by atoms with Crippen molar-refractivity contribution in [1.29, 1.82) is 0 Å². The average Bonchev–Trinajstić information content (AvgIpc) is 3.05. The van der Waals surface area contributed by atoms with Crippen LogP contribution in [0.3, 0.4) is 0 Å². The van der Waals surface area contributed by atoms with Gasteiger partial charge >= 0.3 is 0 Å². The fourth-order valence-electron chi connectivity index (χ4n) is 3.07. The Bertz CT molecular complexity index is 965. The maximum atomic E-state index is 13.4. The molecule has 142 valence electrons. The van der Waals surface area contributed by atoms with E-state index in [1.165, 1.54) is 16.0 Å². The number of anilines is 1. The van der Waals surface area contributed by atoms with Crippen LogP contribution in [0.2, 0.25) is 0 Å². The van der Waals surface area contributed by atoms with Crippen molar-refractivity contribution in [3.63, 3.8) is 0 Å². The number of ether oxygens (including phenoxy) is 1. The lowest BCUT2D eigenvalue weighted by molar-refractivity contribution is -0.856. The Morgan fingerprint density at radius 3 is 2.67 bits per heavy atom. The van der Waals surface area contributed by atoms with E-state index < -0.39 is 0 Å². The van der Waals surface area contributed by atoms with Gasteiger partial charge in [0.05, 0.1) is 50.1 Å². The molecule has 0 bridgehead atoms. The third-order valence-electron chi connectivity index (χ3n) is 4.46. The molecule has 0 aliphatic heterocycles. The Morgan fingerprint density at radius 1 is 1.22 bits per heavy atom. The standard InChI is InChI=1S/C21H25N3O2S/c1-14-12-15(2)19-17(13-14)22-21(27-19)24(11-10-23(3)4)20(25)16-8-6-7-9-18(16)26-5/h6-9,12-13H,10-11H2,1-5H3/p+1. The Hall–Kier alpha value is -2.44. The zero-order valence-corrected chi connectivity index (χ0v) is 17.3. The number of quaternary nitrogens is 1. The van der Waals surface area contributed by atoms with Crippen molar-refractivity contribution >= 4 is 32.6 Å². The quantitative estimate of drug-likeness (QED) is 0.711. The number of aryl methyl sites for hydroxylation is 2. The predicted molar refractivity (Wildman–Crippen MR) is 111 cm³/mol. The van der Waals surface area contributed by atoms with Crippen LogP contribution in [-0.4, -0.2) is 45.2 Å². The Labute approximate surface area is 164 Å². The number of thiazole rings is 1. The lowest BCUT2D eigenvalue weighted by Crippen LogP contribution is -3.06. The van der Waals surface area contributed by atoms with Crippen LogP contribution in [0.25, 0.3) is 10.2 Å². The zero-order chi connectivity index (χ0) is 19.6. The molecule has 0 aliphatic carbocycles. The second-order valence-electron chi connectivity index (χ2n) is 7.04. The highest BCUT2D eigenvalue weighted by Crippen LogP contribution is 2.33. The smallest absolute Gasteiger partial charge is 0.264 e. The molecule has 1 N–H and O–H groups in total. The first kappa shape index (κ1) is 19.3. The molecule has 0 aliphatic rings. The largest absolute Gasteiger partial charge is 0.496 e. The third kappa shape index (κ3) is 4.12. The number of rotatable bonds is 6. The summed E-state index contributed by atoms with van der Waals surface area (Å²) in [6.45, 7) is 5.58. The fraction of sp³-hybridized carbons (Fsp3) is 0.333. The summed E-state index contributed by atoms with van der Waals surface area (Å²) in [5.41, 5.74) is 3.87. The number of aromatic nitrogens is 1. The molecule has 0 saturated heterocycles. The minimum Gasteiger partial charge on any atom is -0.496 e. The first-order valence-corrected chi connectivity index (χ1v) is 9.84. The molecule has 5 nitrogen and oxygen atoms in total. The van der Waals surface area contributed by atoms with Gasteiger partial charge in [0.1, 0.15) is 5.75 Å². The average molecular weight is 385 g/mol. The number of amides is 1. The van der Waals surface area contributed by atoms with E-state index >= 15 is 0 Å². The van der Waals surface area contributed by atoms with E-state index in [-0.39, 0.29) is 5.91 Å². The van der Waals surface area contributed by atoms with Crippen molar-refractivity contribution in [2.75, 3.05) is 39.2 Å². The maximum absolute atomic E-state index is 13.4. The molecule has 0 radical (unpaired) electrons. The second kappa shape index (κ2) is 8.06. The van der Waals surface area contributed by atoms with Crippen molar-refractivity contribution in [1.82, 2.24) is 4.98 Å². The van der Waals surface area contributed by atoms with Crippen LogP contribution < -0.4 is 14.5 Å². The minimum atomic E-state index is -0.0814. The summed E-state index contributed by atoms with van der Waals surface area (Å²) in [6, 6.07) is 11.6. The number of carbonyl (C=O) groups excluding carboxylic acids is 1. The SMILES string of the molecule is COc1ccccc1C(=O)N(CC[NH+](C)C)c1nc2cc(C)cc(C)c2s1.